The molecule has 48 heavy (non-hydrogen) atoms. The van der Waals surface area contributed by atoms with Crippen LogP contribution in [-0.2, 0) is 19.1 Å². The van der Waals surface area contributed by atoms with Gasteiger partial charge in [0.25, 0.3) is 11.5 Å². The van der Waals surface area contributed by atoms with Gasteiger partial charge in [-0.25, -0.2) is 9.79 Å². The lowest BCUT2D eigenvalue weighted by Crippen LogP contribution is -2.42. The second-order valence-corrected chi connectivity index (χ2v) is 11.9. The van der Waals surface area contributed by atoms with Crippen molar-refractivity contribution >= 4 is 35.0 Å². The number of aromatic nitrogens is 1. The number of carbonyl (C=O) groups excluding carboxylic acids is 2. The first-order valence-electron chi connectivity index (χ1n) is 15.5. The highest BCUT2D eigenvalue weighted by molar-refractivity contribution is 7.07. The molecule has 11 nitrogen and oxygen atoms in total. The van der Waals surface area contributed by atoms with Gasteiger partial charge < -0.3 is 28.6 Å². The van der Waals surface area contributed by atoms with Gasteiger partial charge in [0.1, 0.15) is 5.75 Å². The van der Waals surface area contributed by atoms with E-state index in [9.17, 15) is 14.4 Å². The zero-order chi connectivity index (χ0) is 33.6. The standard InChI is InChI=1S/C36H35N3O8S/c1-4-46-35(42)31-32(24-8-6-5-7-9-24)37-36-39(33(31)25-12-15-27(43-2)28(21-25)44-3)34(41)29(48-36)20-23-10-13-26(14-11-23)47-22-30(40)38-16-18-45-19-17-38/h5-15,20-21,33H,4,16-19,22H2,1-3H3/b29-20+/t33-/m1/s1. The molecule has 2 aliphatic heterocycles. The third kappa shape index (κ3) is 6.76. The zero-order valence-electron chi connectivity index (χ0n) is 26.8. The highest BCUT2D eigenvalue weighted by atomic mass is 32.1. The minimum atomic E-state index is -0.864. The maximum atomic E-state index is 14.2. The number of methoxy groups -OCH3 is 2. The lowest BCUT2D eigenvalue weighted by Gasteiger charge is -2.26. The zero-order valence-corrected chi connectivity index (χ0v) is 27.7. The maximum absolute atomic E-state index is 14.2. The second kappa shape index (κ2) is 14.7. The van der Waals surface area contributed by atoms with Crippen LogP contribution in [-0.4, -0.2) is 75.1 Å². The third-order valence-electron chi connectivity index (χ3n) is 8.00. The average molecular weight is 670 g/mol. The molecule has 1 amide bonds. The van der Waals surface area contributed by atoms with Crippen LogP contribution in [0.4, 0.5) is 0 Å². The molecule has 0 unspecified atom stereocenters. The molecule has 1 atom stereocenters. The maximum Gasteiger partial charge on any atom is 0.338 e. The van der Waals surface area contributed by atoms with Gasteiger partial charge in [-0.1, -0.05) is 59.9 Å². The molecule has 0 spiro atoms. The summed E-state index contributed by atoms with van der Waals surface area (Å²) in [5.41, 5.74) is 2.44. The molecule has 4 aromatic rings. The summed E-state index contributed by atoms with van der Waals surface area (Å²) in [7, 11) is 3.07. The summed E-state index contributed by atoms with van der Waals surface area (Å²) in [5, 5.41) is 0. The number of morpholine rings is 1. The van der Waals surface area contributed by atoms with Gasteiger partial charge in [0.2, 0.25) is 0 Å². The average Bonchev–Trinajstić information content (AvgIpc) is 3.44. The van der Waals surface area contributed by atoms with E-state index in [0.717, 1.165) is 5.56 Å². The van der Waals surface area contributed by atoms with Gasteiger partial charge >= 0.3 is 5.97 Å². The molecule has 1 aromatic heterocycles. The van der Waals surface area contributed by atoms with Crippen LogP contribution in [0, 0.1) is 0 Å². The van der Waals surface area contributed by atoms with Gasteiger partial charge in [-0.2, -0.15) is 0 Å². The van der Waals surface area contributed by atoms with Gasteiger partial charge in [0.05, 0.1) is 55.9 Å². The number of rotatable bonds is 10. The Kier molecular flexibility index (Phi) is 10.0. The molecule has 2 aliphatic rings. The number of ether oxygens (including phenoxy) is 5. The van der Waals surface area contributed by atoms with E-state index in [2.05, 4.69) is 0 Å². The molecule has 0 aliphatic carbocycles. The van der Waals surface area contributed by atoms with Crippen LogP contribution in [0.2, 0.25) is 0 Å². The molecule has 3 heterocycles. The monoisotopic (exact) mass is 669 g/mol. The van der Waals surface area contributed by atoms with E-state index in [0.29, 0.717) is 69.7 Å². The number of hydrogen-bond donors (Lipinski definition) is 0. The van der Waals surface area contributed by atoms with Crippen LogP contribution in [0.15, 0.2) is 88.2 Å². The van der Waals surface area contributed by atoms with E-state index < -0.39 is 12.0 Å². The Hall–Kier alpha value is -5.20. The van der Waals surface area contributed by atoms with Crippen molar-refractivity contribution in [2.45, 2.75) is 13.0 Å². The SMILES string of the molecule is CCOC(=O)C1=C(c2ccccc2)N=c2s/c(=C/c3ccc(OCC(=O)N4CCOCC4)cc3)c(=O)n2[C@@H]1c1ccc(OC)c(OC)c1. The Labute approximate surface area is 280 Å². The summed E-state index contributed by atoms with van der Waals surface area (Å²) in [6.45, 7) is 3.98. The molecule has 12 heteroatoms. The Balaban J connectivity index is 1.41. The molecular formula is C36H35N3O8S. The summed E-state index contributed by atoms with van der Waals surface area (Å²) >= 11 is 1.23. The van der Waals surface area contributed by atoms with Crippen LogP contribution in [0.25, 0.3) is 11.8 Å². The highest BCUT2D eigenvalue weighted by Crippen LogP contribution is 2.38. The van der Waals surface area contributed by atoms with Crippen LogP contribution >= 0.6 is 11.3 Å². The van der Waals surface area contributed by atoms with Crippen molar-refractivity contribution in [3.8, 4) is 17.2 Å². The van der Waals surface area contributed by atoms with E-state index in [1.165, 1.54) is 23.0 Å². The number of esters is 1. The molecule has 6 rings (SSSR count). The van der Waals surface area contributed by atoms with E-state index >= 15 is 0 Å². The van der Waals surface area contributed by atoms with Crippen molar-refractivity contribution < 1.29 is 33.3 Å². The van der Waals surface area contributed by atoms with Gasteiger partial charge in [-0.3, -0.25) is 14.2 Å². The quantitative estimate of drug-likeness (QED) is 0.237. The minimum absolute atomic E-state index is 0.0688. The Morgan fingerprint density at radius 1 is 0.979 bits per heavy atom. The van der Waals surface area contributed by atoms with Gasteiger partial charge in [0.15, 0.2) is 22.9 Å². The van der Waals surface area contributed by atoms with E-state index in [1.807, 2.05) is 42.5 Å². The number of nitrogens with zero attached hydrogens (tertiary/aromatic N) is 3. The lowest BCUT2D eigenvalue weighted by molar-refractivity contribution is -0.139. The van der Waals surface area contributed by atoms with E-state index in [1.54, 1.807) is 55.3 Å². The summed E-state index contributed by atoms with van der Waals surface area (Å²) in [4.78, 5) is 47.5. The van der Waals surface area contributed by atoms with Crippen molar-refractivity contribution in [2.75, 3.05) is 53.7 Å². The fourth-order valence-corrected chi connectivity index (χ4v) is 6.64. The van der Waals surface area contributed by atoms with Gasteiger partial charge in [-0.05, 0) is 48.4 Å². The number of fused-ring (bicyclic) bond motifs is 1. The van der Waals surface area contributed by atoms with E-state index in [-0.39, 0.29) is 30.3 Å². The predicted molar refractivity (Wildman–Crippen MR) is 180 cm³/mol. The van der Waals surface area contributed by atoms with Gasteiger partial charge in [-0.15, -0.1) is 0 Å². The fourth-order valence-electron chi connectivity index (χ4n) is 5.64. The molecule has 1 saturated heterocycles. The van der Waals surface area contributed by atoms with Crippen molar-refractivity contribution in [1.29, 1.82) is 0 Å². The largest absolute Gasteiger partial charge is 0.493 e. The predicted octanol–water partition coefficient (Wildman–Crippen LogP) is 3.19. The van der Waals surface area contributed by atoms with E-state index in [4.69, 9.17) is 28.7 Å². The summed E-state index contributed by atoms with van der Waals surface area (Å²) in [6, 6.07) is 21.0. The highest BCUT2D eigenvalue weighted by Gasteiger charge is 2.35. The number of thiazole rings is 1. The second-order valence-electron chi connectivity index (χ2n) is 10.9. The summed E-state index contributed by atoms with van der Waals surface area (Å²) in [6.07, 6.45) is 1.77. The molecule has 248 valence electrons. The molecule has 0 bridgehead atoms. The normalized spacial score (nSPS) is 16.2. The first-order valence-corrected chi connectivity index (χ1v) is 16.3. The van der Waals surface area contributed by atoms with Crippen LogP contribution in [0.3, 0.4) is 0 Å². The Bertz CT molecular complexity index is 2010. The molecule has 0 saturated carbocycles. The van der Waals surface area contributed by atoms with Crippen LogP contribution in [0.5, 0.6) is 17.2 Å². The van der Waals surface area contributed by atoms with Crippen molar-refractivity contribution in [3.05, 3.63) is 115 Å². The lowest BCUT2D eigenvalue weighted by atomic mass is 9.93. The molecular weight excluding hydrogens is 634 g/mol. The topological polar surface area (TPSA) is 118 Å². The van der Waals surface area contributed by atoms with Gasteiger partial charge in [0, 0.05) is 18.7 Å². The first kappa shape index (κ1) is 32.7. The molecule has 0 N–H and O–H groups in total. The van der Waals surface area contributed by atoms with Crippen molar-refractivity contribution in [3.63, 3.8) is 0 Å². The smallest absolute Gasteiger partial charge is 0.338 e. The fraction of sp³-hybridized carbons (Fsp3) is 0.278. The minimum Gasteiger partial charge on any atom is -0.493 e. The van der Waals surface area contributed by atoms with Crippen LogP contribution in [0.1, 0.15) is 29.7 Å². The number of hydrogen-bond acceptors (Lipinski definition) is 10. The van der Waals surface area contributed by atoms with Crippen molar-refractivity contribution in [1.82, 2.24) is 9.47 Å². The Morgan fingerprint density at radius 2 is 1.71 bits per heavy atom. The molecule has 1 fully saturated rings. The Morgan fingerprint density at radius 3 is 2.40 bits per heavy atom. The number of carbonyl (C=O) groups is 2. The molecule has 0 radical (unpaired) electrons. The first-order chi connectivity index (χ1) is 23.4. The van der Waals surface area contributed by atoms with Crippen LogP contribution < -0.4 is 29.1 Å². The number of amides is 1. The molecule has 3 aromatic carbocycles. The summed E-state index contributed by atoms with van der Waals surface area (Å²) in [5.74, 6) is 0.834. The number of benzene rings is 3. The summed E-state index contributed by atoms with van der Waals surface area (Å²) < 4.78 is 29.6. The van der Waals surface area contributed by atoms with Crippen molar-refractivity contribution in [2.24, 2.45) is 4.99 Å². The third-order valence-corrected chi connectivity index (χ3v) is 8.98.